The lowest BCUT2D eigenvalue weighted by Gasteiger charge is -2.25. The van der Waals surface area contributed by atoms with Crippen molar-refractivity contribution < 1.29 is 27.1 Å². The van der Waals surface area contributed by atoms with E-state index in [2.05, 4.69) is 0 Å². The van der Waals surface area contributed by atoms with Gasteiger partial charge in [0.15, 0.2) is 0 Å². The first-order valence-electron chi connectivity index (χ1n) is 5.37. The van der Waals surface area contributed by atoms with Crippen molar-refractivity contribution in [3.8, 4) is 0 Å². The summed E-state index contributed by atoms with van der Waals surface area (Å²) in [5.74, 6) is -1.93. The van der Waals surface area contributed by atoms with E-state index in [1.807, 2.05) is 0 Å². The van der Waals surface area contributed by atoms with Crippen LogP contribution in [0.1, 0.15) is 31.7 Å². The second kappa shape index (κ2) is 5.22. The molecular weight excluding hydrogens is 255 g/mol. The summed E-state index contributed by atoms with van der Waals surface area (Å²) in [7, 11) is 0. The highest BCUT2D eigenvalue weighted by atomic mass is 19.4. The van der Waals surface area contributed by atoms with Crippen molar-refractivity contribution >= 4 is 0 Å². The zero-order chi connectivity index (χ0) is 14.0. The predicted octanol–water partition coefficient (Wildman–Crippen LogP) is 3.90. The zero-order valence-electron chi connectivity index (χ0n) is 9.69. The molecule has 1 aromatic carbocycles. The van der Waals surface area contributed by atoms with Crippen LogP contribution in [-0.2, 0) is 5.60 Å². The summed E-state index contributed by atoms with van der Waals surface area (Å²) < 4.78 is 62.7. The average molecular weight is 268 g/mol. The average Bonchev–Trinajstić information content (AvgIpc) is 2.13. The van der Waals surface area contributed by atoms with Gasteiger partial charge in [0, 0.05) is 6.42 Å². The Balaban J connectivity index is 2.80. The van der Waals surface area contributed by atoms with E-state index >= 15 is 0 Å². The van der Waals surface area contributed by atoms with Crippen molar-refractivity contribution in [3.05, 3.63) is 35.4 Å². The van der Waals surface area contributed by atoms with Gasteiger partial charge in [-0.3, -0.25) is 0 Å². The number of hydrogen-bond donors (Lipinski definition) is 1. The molecule has 0 aliphatic rings. The fourth-order valence-electron chi connectivity index (χ4n) is 1.77. The number of rotatable bonds is 4. The maximum absolute atomic E-state index is 13.4. The molecule has 6 heteroatoms. The molecule has 0 saturated carbocycles. The van der Waals surface area contributed by atoms with Gasteiger partial charge in [0.1, 0.15) is 11.6 Å². The van der Waals surface area contributed by atoms with Crippen LogP contribution in [-0.4, -0.2) is 11.3 Å². The van der Waals surface area contributed by atoms with Crippen LogP contribution in [0.5, 0.6) is 0 Å². The first-order chi connectivity index (χ1) is 8.13. The van der Waals surface area contributed by atoms with Crippen LogP contribution in [0.4, 0.5) is 22.0 Å². The Morgan fingerprint density at radius 3 is 2.00 bits per heavy atom. The van der Waals surface area contributed by atoms with Gasteiger partial charge < -0.3 is 5.11 Å². The smallest absolute Gasteiger partial charge is 0.385 e. The zero-order valence-corrected chi connectivity index (χ0v) is 9.69. The van der Waals surface area contributed by atoms with Gasteiger partial charge >= 0.3 is 6.18 Å². The van der Waals surface area contributed by atoms with Gasteiger partial charge in [0.25, 0.3) is 0 Å². The molecule has 1 nitrogen and oxygen atoms in total. The fraction of sp³-hybridized carbons (Fsp3) is 0.500. The van der Waals surface area contributed by atoms with Gasteiger partial charge in [0.2, 0.25) is 0 Å². The molecule has 1 N–H and O–H groups in total. The molecule has 0 spiro atoms. The fourth-order valence-corrected chi connectivity index (χ4v) is 1.77. The van der Waals surface area contributed by atoms with E-state index in [-0.39, 0.29) is 6.42 Å². The molecule has 0 aliphatic heterocycles. The van der Waals surface area contributed by atoms with E-state index < -0.39 is 41.8 Å². The number of hydrogen-bond acceptors (Lipinski definition) is 1. The Morgan fingerprint density at radius 2 is 1.56 bits per heavy atom. The molecule has 0 amide bonds. The minimum absolute atomic E-state index is 0.371. The van der Waals surface area contributed by atoms with Crippen molar-refractivity contribution in [2.75, 3.05) is 0 Å². The molecule has 0 saturated heterocycles. The quantitative estimate of drug-likeness (QED) is 0.821. The molecule has 0 bridgehead atoms. The molecule has 1 atom stereocenters. The largest absolute Gasteiger partial charge is 0.389 e. The Kier molecular flexibility index (Phi) is 4.32. The molecule has 0 fully saturated rings. The number of halogens is 5. The van der Waals surface area contributed by atoms with E-state index in [1.165, 1.54) is 0 Å². The van der Waals surface area contributed by atoms with Gasteiger partial charge in [0.05, 0.1) is 11.2 Å². The van der Waals surface area contributed by atoms with E-state index in [4.69, 9.17) is 0 Å². The third kappa shape index (κ3) is 3.94. The summed E-state index contributed by atoms with van der Waals surface area (Å²) in [6.07, 6.45) is -6.21. The third-order valence-electron chi connectivity index (χ3n) is 2.63. The molecule has 0 aromatic heterocycles. The molecule has 18 heavy (non-hydrogen) atoms. The van der Waals surface area contributed by atoms with E-state index in [0.717, 1.165) is 25.1 Å². The van der Waals surface area contributed by atoms with Gasteiger partial charge in [-0.15, -0.1) is 0 Å². The number of aliphatic hydroxyl groups is 1. The summed E-state index contributed by atoms with van der Waals surface area (Å²) in [4.78, 5) is 0. The topological polar surface area (TPSA) is 20.2 Å². The van der Waals surface area contributed by atoms with E-state index in [9.17, 15) is 27.1 Å². The lowest BCUT2D eigenvalue weighted by molar-refractivity contribution is -0.137. The van der Waals surface area contributed by atoms with Crippen LogP contribution in [0.25, 0.3) is 0 Å². The van der Waals surface area contributed by atoms with Gasteiger partial charge in [-0.2, -0.15) is 13.2 Å². The minimum atomic E-state index is -4.34. The lowest BCUT2D eigenvalue weighted by atomic mass is 9.89. The maximum atomic E-state index is 13.4. The lowest BCUT2D eigenvalue weighted by Crippen LogP contribution is -2.25. The first-order valence-corrected chi connectivity index (χ1v) is 5.37. The van der Waals surface area contributed by atoms with Crippen molar-refractivity contribution in [3.63, 3.8) is 0 Å². The highest BCUT2D eigenvalue weighted by molar-refractivity contribution is 5.25. The van der Waals surface area contributed by atoms with Gasteiger partial charge in [-0.1, -0.05) is 6.07 Å². The number of alkyl halides is 3. The van der Waals surface area contributed by atoms with E-state index in [1.54, 1.807) is 0 Å². The Morgan fingerprint density at radius 1 is 1.06 bits per heavy atom. The summed E-state index contributed by atoms with van der Waals surface area (Å²) in [6, 6.07) is 3.03. The van der Waals surface area contributed by atoms with Crippen LogP contribution in [0, 0.1) is 11.6 Å². The van der Waals surface area contributed by atoms with Gasteiger partial charge in [-0.25, -0.2) is 8.78 Å². The number of benzene rings is 1. The second-order valence-electron chi connectivity index (χ2n) is 4.34. The molecular formula is C12H13F5O. The van der Waals surface area contributed by atoms with Gasteiger partial charge in [-0.05, 0) is 31.9 Å². The summed E-state index contributed by atoms with van der Waals surface area (Å²) in [5, 5.41) is 9.90. The van der Waals surface area contributed by atoms with Crippen LogP contribution in [0.2, 0.25) is 0 Å². The molecule has 1 unspecified atom stereocenters. The molecule has 0 heterocycles. The second-order valence-corrected chi connectivity index (χ2v) is 4.34. The predicted molar refractivity (Wildman–Crippen MR) is 55.8 cm³/mol. The minimum Gasteiger partial charge on any atom is -0.385 e. The Labute approximate surface area is 101 Å². The van der Waals surface area contributed by atoms with Crippen LogP contribution in [0.3, 0.4) is 0 Å². The highest BCUT2D eigenvalue weighted by Gasteiger charge is 2.32. The van der Waals surface area contributed by atoms with Crippen molar-refractivity contribution in [2.24, 2.45) is 0 Å². The maximum Gasteiger partial charge on any atom is 0.389 e. The van der Waals surface area contributed by atoms with Crippen molar-refractivity contribution in [2.45, 2.75) is 38.0 Å². The standard InChI is InChI=1S/C12H13F5O/c1-11(18,6-3-7-12(15,16)17)10-8(13)4-2-5-9(10)14/h2,4-5,18H,3,6-7H2,1H3. The third-order valence-corrected chi connectivity index (χ3v) is 2.63. The summed E-state index contributed by atoms with van der Waals surface area (Å²) in [6.45, 7) is 1.10. The van der Waals surface area contributed by atoms with E-state index in [0.29, 0.717) is 0 Å². The molecule has 102 valence electrons. The van der Waals surface area contributed by atoms with Crippen molar-refractivity contribution in [1.29, 1.82) is 0 Å². The molecule has 0 radical (unpaired) electrons. The highest BCUT2D eigenvalue weighted by Crippen LogP contribution is 2.33. The first kappa shape index (κ1) is 14.9. The molecule has 0 aliphatic carbocycles. The summed E-state index contributed by atoms with van der Waals surface area (Å²) >= 11 is 0. The normalized spacial score (nSPS) is 15.5. The monoisotopic (exact) mass is 268 g/mol. The molecule has 1 rings (SSSR count). The Hall–Kier alpha value is -1.17. The van der Waals surface area contributed by atoms with Crippen LogP contribution < -0.4 is 0 Å². The Bertz CT molecular complexity index is 391. The SMILES string of the molecule is CC(O)(CCCC(F)(F)F)c1c(F)cccc1F. The van der Waals surface area contributed by atoms with Crippen LogP contribution >= 0.6 is 0 Å². The molecule has 1 aromatic rings. The van der Waals surface area contributed by atoms with Crippen molar-refractivity contribution in [1.82, 2.24) is 0 Å². The van der Waals surface area contributed by atoms with Crippen LogP contribution in [0.15, 0.2) is 18.2 Å². The summed E-state index contributed by atoms with van der Waals surface area (Å²) in [5.41, 5.74) is -2.55.